The summed E-state index contributed by atoms with van der Waals surface area (Å²) in [5.41, 5.74) is 5.74. The van der Waals surface area contributed by atoms with Gasteiger partial charge in [-0.2, -0.15) is 0 Å². The maximum absolute atomic E-state index is 13.5. The van der Waals surface area contributed by atoms with Crippen LogP contribution < -0.4 is 0 Å². The lowest BCUT2D eigenvalue weighted by Crippen LogP contribution is -2.46. The van der Waals surface area contributed by atoms with Crippen LogP contribution in [0.1, 0.15) is 75.0 Å². The van der Waals surface area contributed by atoms with Crippen molar-refractivity contribution in [1.29, 1.82) is 0 Å². The lowest BCUT2D eigenvalue weighted by atomic mass is 9.82. The Hall–Kier alpha value is -2.74. The molecule has 2 atom stereocenters. The van der Waals surface area contributed by atoms with E-state index in [4.69, 9.17) is 4.74 Å². The summed E-state index contributed by atoms with van der Waals surface area (Å²) < 4.78 is 5.36. The number of nitrogens with zero attached hydrogens (tertiary/aromatic N) is 4. The SMILES string of the molecule is CN1CCN(C2CCCc3ccc(C4CCCN(C(=O)c5ccc(C(=O)N6CCOCC6)cc5)C4)cc32)CC1. The van der Waals surface area contributed by atoms with Crippen molar-refractivity contribution in [1.82, 2.24) is 19.6 Å². The van der Waals surface area contributed by atoms with Crippen LogP contribution >= 0.6 is 0 Å². The van der Waals surface area contributed by atoms with E-state index in [1.807, 2.05) is 21.9 Å². The number of morpholine rings is 1. The summed E-state index contributed by atoms with van der Waals surface area (Å²) in [6, 6.07) is 15.0. The van der Waals surface area contributed by atoms with Gasteiger partial charge in [0.2, 0.25) is 0 Å². The molecule has 3 saturated heterocycles. The molecule has 2 amide bonds. The Balaban J connectivity index is 1.13. The molecule has 3 aliphatic heterocycles. The van der Waals surface area contributed by atoms with Gasteiger partial charge in [0.05, 0.1) is 13.2 Å². The molecule has 208 valence electrons. The molecule has 2 unspecified atom stereocenters. The highest BCUT2D eigenvalue weighted by atomic mass is 16.5. The minimum Gasteiger partial charge on any atom is -0.378 e. The second-order valence-electron chi connectivity index (χ2n) is 11.8. The zero-order valence-electron chi connectivity index (χ0n) is 23.3. The molecule has 6 rings (SSSR count). The summed E-state index contributed by atoms with van der Waals surface area (Å²) in [5, 5.41) is 0. The van der Waals surface area contributed by atoms with Crippen molar-refractivity contribution in [2.45, 2.75) is 44.1 Å². The zero-order valence-corrected chi connectivity index (χ0v) is 23.3. The van der Waals surface area contributed by atoms with Gasteiger partial charge < -0.3 is 19.4 Å². The molecule has 2 aromatic rings. The van der Waals surface area contributed by atoms with E-state index in [1.165, 1.54) is 36.0 Å². The van der Waals surface area contributed by atoms with Crippen LogP contribution in [-0.4, -0.2) is 104 Å². The highest BCUT2D eigenvalue weighted by molar-refractivity contribution is 5.98. The van der Waals surface area contributed by atoms with Crippen LogP contribution in [-0.2, 0) is 11.2 Å². The Bertz CT molecular complexity index is 1170. The third-order valence-electron chi connectivity index (χ3n) is 9.29. The summed E-state index contributed by atoms with van der Waals surface area (Å²) in [6.45, 7) is 8.53. The van der Waals surface area contributed by atoms with Crippen molar-refractivity contribution in [2.24, 2.45) is 0 Å². The molecule has 0 saturated carbocycles. The molecule has 3 heterocycles. The molecule has 0 aromatic heterocycles. The van der Waals surface area contributed by atoms with Crippen molar-refractivity contribution in [3.05, 3.63) is 70.3 Å². The van der Waals surface area contributed by atoms with E-state index < -0.39 is 0 Å². The summed E-state index contributed by atoms with van der Waals surface area (Å²) in [7, 11) is 2.22. The average Bonchev–Trinajstić information content (AvgIpc) is 3.01. The average molecular weight is 531 g/mol. The van der Waals surface area contributed by atoms with E-state index in [1.54, 1.807) is 12.1 Å². The van der Waals surface area contributed by atoms with Gasteiger partial charge in [-0.3, -0.25) is 14.5 Å². The smallest absolute Gasteiger partial charge is 0.254 e. The van der Waals surface area contributed by atoms with Gasteiger partial charge in [0.25, 0.3) is 11.8 Å². The molecule has 7 heteroatoms. The summed E-state index contributed by atoms with van der Waals surface area (Å²) >= 11 is 0. The number of rotatable bonds is 4. The molecule has 0 radical (unpaired) electrons. The van der Waals surface area contributed by atoms with Crippen LogP contribution in [0.15, 0.2) is 42.5 Å². The van der Waals surface area contributed by atoms with Gasteiger partial charge in [-0.15, -0.1) is 0 Å². The predicted octanol–water partition coefficient (Wildman–Crippen LogP) is 3.80. The molecule has 7 nitrogen and oxygen atoms in total. The van der Waals surface area contributed by atoms with Gasteiger partial charge in [0.1, 0.15) is 0 Å². The van der Waals surface area contributed by atoms with Crippen LogP contribution in [0.25, 0.3) is 0 Å². The van der Waals surface area contributed by atoms with Gasteiger partial charge in [-0.25, -0.2) is 0 Å². The first-order chi connectivity index (χ1) is 19.1. The maximum Gasteiger partial charge on any atom is 0.254 e. The molecule has 2 aromatic carbocycles. The van der Waals surface area contributed by atoms with E-state index >= 15 is 0 Å². The third kappa shape index (κ3) is 5.76. The number of carbonyl (C=O) groups is 2. The van der Waals surface area contributed by atoms with Crippen molar-refractivity contribution in [3.8, 4) is 0 Å². The van der Waals surface area contributed by atoms with Crippen molar-refractivity contribution < 1.29 is 14.3 Å². The minimum atomic E-state index is 0.0117. The fourth-order valence-corrected chi connectivity index (χ4v) is 6.88. The van der Waals surface area contributed by atoms with Gasteiger partial charge in [-0.1, -0.05) is 18.2 Å². The van der Waals surface area contributed by atoms with E-state index in [2.05, 4.69) is 35.0 Å². The second kappa shape index (κ2) is 11.8. The van der Waals surface area contributed by atoms with E-state index in [9.17, 15) is 9.59 Å². The first-order valence-corrected chi connectivity index (χ1v) is 14.9. The molecule has 4 aliphatic rings. The number of aryl methyl sites for hydroxylation is 1. The summed E-state index contributed by atoms with van der Waals surface area (Å²) in [4.78, 5) is 35.2. The topological polar surface area (TPSA) is 56.3 Å². The minimum absolute atomic E-state index is 0.0117. The van der Waals surface area contributed by atoms with Gasteiger partial charge in [-0.05, 0) is 80.1 Å². The Morgan fingerprint density at radius 1 is 0.769 bits per heavy atom. The number of piperazine rings is 1. The summed E-state index contributed by atoms with van der Waals surface area (Å²) in [5.74, 6) is 0.446. The Morgan fingerprint density at radius 2 is 1.46 bits per heavy atom. The highest BCUT2D eigenvalue weighted by Crippen LogP contribution is 2.38. The number of amides is 2. The van der Waals surface area contributed by atoms with Crippen molar-refractivity contribution in [2.75, 3.05) is 72.6 Å². The summed E-state index contributed by atoms with van der Waals surface area (Å²) in [6.07, 6.45) is 5.84. The maximum atomic E-state index is 13.5. The number of hydrogen-bond acceptors (Lipinski definition) is 5. The van der Waals surface area contributed by atoms with Crippen LogP contribution in [0.4, 0.5) is 0 Å². The monoisotopic (exact) mass is 530 g/mol. The number of ether oxygens (including phenoxy) is 1. The van der Waals surface area contributed by atoms with E-state index in [0.29, 0.717) is 49.4 Å². The fraction of sp³-hybridized carbons (Fsp3) is 0.562. The number of carbonyl (C=O) groups excluding carboxylic acids is 2. The Kier molecular flexibility index (Phi) is 8.00. The van der Waals surface area contributed by atoms with E-state index in [-0.39, 0.29) is 11.8 Å². The molecule has 3 fully saturated rings. The van der Waals surface area contributed by atoms with Crippen molar-refractivity contribution in [3.63, 3.8) is 0 Å². The lowest BCUT2D eigenvalue weighted by molar-refractivity contribution is 0.0303. The lowest BCUT2D eigenvalue weighted by Gasteiger charge is -2.41. The quantitative estimate of drug-likeness (QED) is 0.602. The van der Waals surface area contributed by atoms with Gasteiger partial charge >= 0.3 is 0 Å². The van der Waals surface area contributed by atoms with Gasteiger partial charge in [0, 0.05) is 75.4 Å². The molecule has 0 N–H and O–H groups in total. The van der Waals surface area contributed by atoms with E-state index in [0.717, 1.165) is 52.1 Å². The molecular weight excluding hydrogens is 488 g/mol. The Labute approximate surface area is 232 Å². The normalized spacial score (nSPS) is 24.8. The standard InChI is InChI=1S/C32H42N4O3/c1-33-14-16-34(17-15-33)30-6-2-4-24-7-12-27(22-29(24)30)28-5-3-13-36(23-28)32(38)26-10-8-25(9-11-26)31(37)35-18-20-39-21-19-35/h7-12,22,28,30H,2-6,13-21,23H2,1H3. The number of piperidine rings is 1. The largest absolute Gasteiger partial charge is 0.378 e. The molecule has 0 spiro atoms. The first-order valence-electron chi connectivity index (χ1n) is 14.9. The number of hydrogen-bond donors (Lipinski definition) is 0. The first kappa shape index (κ1) is 26.5. The molecule has 1 aliphatic carbocycles. The number of likely N-dealkylation sites (tertiary alicyclic amines) is 1. The fourth-order valence-electron chi connectivity index (χ4n) is 6.88. The predicted molar refractivity (Wildman–Crippen MR) is 152 cm³/mol. The molecular formula is C32H42N4O3. The van der Waals surface area contributed by atoms with Gasteiger partial charge in [0.15, 0.2) is 0 Å². The third-order valence-corrected chi connectivity index (χ3v) is 9.29. The Morgan fingerprint density at radius 3 is 2.18 bits per heavy atom. The number of benzene rings is 2. The van der Waals surface area contributed by atoms with Crippen LogP contribution in [0, 0.1) is 0 Å². The second-order valence-corrected chi connectivity index (χ2v) is 11.8. The molecule has 39 heavy (non-hydrogen) atoms. The zero-order chi connectivity index (χ0) is 26.8. The van der Waals surface area contributed by atoms with Crippen LogP contribution in [0.5, 0.6) is 0 Å². The molecule has 0 bridgehead atoms. The number of likely N-dealkylation sites (N-methyl/N-ethyl adjacent to an activating group) is 1. The van der Waals surface area contributed by atoms with Crippen LogP contribution in [0.2, 0.25) is 0 Å². The van der Waals surface area contributed by atoms with Crippen molar-refractivity contribution >= 4 is 11.8 Å². The number of fused-ring (bicyclic) bond motifs is 1. The van der Waals surface area contributed by atoms with Crippen LogP contribution in [0.3, 0.4) is 0 Å². The highest BCUT2D eigenvalue weighted by Gasteiger charge is 2.31.